The number of benzene rings is 1. The van der Waals surface area contributed by atoms with Gasteiger partial charge in [0.1, 0.15) is 5.83 Å². The Labute approximate surface area is 210 Å². The predicted octanol–water partition coefficient (Wildman–Crippen LogP) is 7.46. The third-order valence-corrected chi connectivity index (χ3v) is 5.66. The maximum absolute atomic E-state index is 12.8. The summed E-state index contributed by atoms with van der Waals surface area (Å²) < 4.78 is 12.8. The standard InChI is InChI=1S/C15H12N2.C10H15F.C5H12N2/c1-11(2)13-7-8-15(17-10-13)14-6-4-3-5-12(14)9-16;1-3-6-10(2)7-4-5-9(11)8-10;1-3-5(7)4(2)6/h3-8,10H,1H2,2H3;4-5,8H,3,6-7H2,1-2H3;5H,2-3,6-7H2,1H3. The zero-order chi connectivity index (χ0) is 26.4. The first kappa shape index (κ1) is 29.5. The highest BCUT2D eigenvalue weighted by molar-refractivity contribution is 5.69. The van der Waals surface area contributed by atoms with Crippen LogP contribution in [0.5, 0.6) is 0 Å². The number of nitrogens with zero attached hydrogens (tertiary/aromatic N) is 2. The van der Waals surface area contributed by atoms with Gasteiger partial charge in [-0.2, -0.15) is 5.26 Å². The summed E-state index contributed by atoms with van der Waals surface area (Å²) in [5, 5.41) is 9.03. The topological polar surface area (TPSA) is 88.7 Å². The Kier molecular flexibility index (Phi) is 12.4. The fourth-order valence-corrected chi connectivity index (χ4v) is 3.50. The second-order valence-corrected chi connectivity index (χ2v) is 9.00. The van der Waals surface area contributed by atoms with E-state index in [1.165, 1.54) is 0 Å². The summed E-state index contributed by atoms with van der Waals surface area (Å²) in [6.07, 6.45) is 11.0. The van der Waals surface area contributed by atoms with E-state index >= 15 is 0 Å². The molecule has 0 saturated heterocycles. The number of hydrogen-bond acceptors (Lipinski definition) is 4. The normalized spacial score (nSPS) is 16.9. The largest absolute Gasteiger partial charge is 0.401 e. The molecule has 0 fully saturated rings. The molecule has 4 nitrogen and oxygen atoms in total. The predicted molar refractivity (Wildman–Crippen MR) is 147 cm³/mol. The second kappa shape index (κ2) is 14.7. The molecule has 1 aromatic heterocycles. The fraction of sp³-hybridized carbons (Fsp3) is 0.333. The van der Waals surface area contributed by atoms with E-state index in [1.807, 2.05) is 50.3 Å². The number of nitrogens with two attached hydrogens (primary N) is 2. The van der Waals surface area contributed by atoms with Crippen LogP contribution in [0.4, 0.5) is 4.39 Å². The van der Waals surface area contributed by atoms with Crippen molar-refractivity contribution in [2.24, 2.45) is 16.9 Å². The van der Waals surface area contributed by atoms with Gasteiger partial charge in [-0.15, -0.1) is 0 Å². The molecule has 4 N–H and O–H groups in total. The number of aromatic nitrogens is 1. The van der Waals surface area contributed by atoms with Crippen molar-refractivity contribution in [3.8, 4) is 17.3 Å². The molecule has 0 amide bonds. The minimum Gasteiger partial charge on any atom is -0.401 e. The number of halogens is 1. The number of rotatable bonds is 6. The average Bonchev–Trinajstić information content (AvgIpc) is 2.84. The third-order valence-electron chi connectivity index (χ3n) is 5.66. The molecule has 2 unspecified atom stereocenters. The van der Waals surface area contributed by atoms with Gasteiger partial charge in [0.2, 0.25) is 0 Å². The molecule has 0 radical (unpaired) electrons. The number of allylic oxidation sites excluding steroid dienone is 5. The Morgan fingerprint density at radius 2 is 1.91 bits per heavy atom. The first-order chi connectivity index (χ1) is 16.6. The van der Waals surface area contributed by atoms with Gasteiger partial charge >= 0.3 is 0 Å². The lowest BCUT2D eigenvalue weighted by atomic mass is 9.80. The minimum absolute atomic E-state index is 0.0139. The quantitative estimate of drug-likeness (QED) is 0.455. The van der Waals surface area contributed by atoms with Crippen molar-refractivity contribution in [1.29, 1.82) is 5.26 Å². The van der Waals surface area contributed by atoms with E-state index in [4.69, 9.17) is 16.7 Å². The lowest BCUT2D eigenvalue weighted by molar-refractivity contribution is 0.376. The van der Waals surface area contributed by atoms with Gasteiger partial charge in [0.25, 0.3) is 0 Å². The number of pyridine rings is 1. The van der Waals surface area contributed by atoms with Gasteiger partial charge in [-0.1, -0.05) is 70.7 Å². The van der Waals surface area contributed by atoms with Gasteiger partial charge < -0.3 is 11.5 Å². The van der Waals surface area contributed by atoms with E-state index in [1.54, 1.807) is 24.4 Å². The Bertz CT molecular complexity index is 1080. The monoisotopic (exact) mass is 474 g/mol. The molecule has 0 saturated carbocycles. The maximum Gasteiger partial charge on any atom is 0.119 e. The van der Waals surface area contributed by atoms with Crippen LogP contribution in [0.25, 0.3) is 16.8 Å². The van der Waals surface area contributed by atoms with Crippen LogP contribution >= 0.6 is 0 Å². The minimum atomic E-state index is -0.0767. The van der Waals surface area contributed by atoms with Gasteiger partial charge in [-0.25, -0.2) is 4.39 Å². The van der Waals surface area contributed by atoms with Crippen LogP contribution < -0.4 is 11.5 Å². The third kappa shape index (κ3) is 10.1. The zero-order valence-corrected chi connectivity index (χ0v) is 21.5. The maximum atomic E-state index is 12.8. The van der Waals surface area contributed by atoms with E-state index in [0.717, 1.165) is 48.1 Å². The SMILES string of the molecule is C=C(C)c1ccc(-c2ccccc2C#N)nc1.C=C(N)C(N)CC.CCCC1(C)C=C(F)C=CC1. The molecule has 2 atom stereocenters. The van der Waals surface area contributed by atoms with Crippen LogP contribution in [0.2, 0.25) is 0 Å². The second-order valence-electron chi connectivity index (χ2n) is 9.00. The summed E-state index contributed by atoms with van der Waals surface area (Å²) in [4.78, 5) is 4.37. The van der Waals surface area contributed by atoms with E-state index in [2.05, 4.69) is 38.1 Å². The van der Waals surface area contributed by atoms with E-state index in [-0.39, 0.29) is 17.3 Å². The molecule has 1 heterocycles. The summed E-state index contributed by atoms with van der Waals surface area (Å²) in [7, 11) is 0. The van der Waals surface area contributed by atoms with Crippen molar-refractivity contribution >= 4 is 5.57 Å². The first-order valence-corrected chi connectivity index (χ1v) is 11.9. The average molecular weight is 475 g/mol. The molecule has 0 spiro atoms. The van der Waals surface area contributed by atoms with E-state index in [0.29, 0.717) is 11.3 Å². The van der Waals surface area contributed by atoms with Gasteiger partial charge in [-0.05, 0) is 67.0 Å². The Morgan fingerprint density at radius 3 is 2.37 bits per heavy atom. The highest BCUT2D eigenvalue weighted by Crippen LogP contribution is 2.34. The molecule has 1 aliphatic carbocycles. The van der Waals surface area contributed by atoms with Gasteiger partial charge in [0.05, 0.1) is 17.3 Å². The Morgan fingerprint density at radius 1 is 1.23 bits per heavy atom. The molecule has 35 heavy (non-hydrogen) atoms. The number of nitriles is 1. The van der Waals surface area contributed by atoms with Crippen LogP contribution in [0.1, 0.15) is 64.5 Å². The molecule has 186 valence electrons. The lowest BCUT2D eigenvalue weighted by Crippen LogP contribution is -2.25. The van der Waals surface area contributed by atoms with Crippen LogP contribution in [0.15, 0.2) is 85.5 Å². The molecule has 0 aliphatic heterocycles. The van der Waals surface area contributed by atoms with Crippen LogP contribution in [0.3, 0.4) is 0 Å². The number of hydrogen-bond donors (Lipinski definition) is 2. The molecule has 2 aromatic rings. The molecule has 1 aromatic carbocycles. The smallest absolute Gasteiger partial charge is 0.119 e. The Balaban J connectivity index is 0.000000293. The molecule has 5 heteroatoms. The molecular weight excluding hydrogens is 435 g/mol. The molecule has 0 bridgehead atoms. The molecule has 3 rings (SSSR count). The molecule has 1 aliphatic rings. The molecular formula is C30H39FN4. The Hall–Kier alpha value is -3.49. The summed E-state index contributed by atoms with van der Waals surface area (Å²) in [6.45, 7) is 15.5. The van der Waals surface area contributed by atoms with Crippen LogP contribution in [-0.4, -0.2) is 11.0 Å². The van der Waals surface area contributed by atoms with Crippen molar-refractivity contribution < 1.29 is 4.39 Å². The van der Waals surface area contributed by atoms with Crippen LogP contribution in [-0.2, 0) is 0 Å². The summed E-state index contributed by atoms with van der Waals surface area (Å²) in [5.41, 5.74) is 15.6. The summed E-state index contributed by atoms with van der Waals surface area (Å²) in [5.74, 6) is -0.0767. The van der Waals surface area contributed by atoms with Crippen molar-refractivity contribution in [2.75, 3.05) is 0 Å². The zero-order valence-electron chi connectivity index (χ0n) is 21.5. The highest BCUT2D eigenvalue weighted by Gasteiger charge is 2.21. The highest BCUT2D eigenvalue weighted by atomic mass is 19.1. The summed E-state index contributed by atoms with van der Waals surface area (Å²) in [6, 6.07) is 13.5. The van der Waals surface area contributed by atoms with Crippen molar-refractivity contribution in [3.63, 3.8) is 0 Å². The van der Waals surface area contributed by atoms with Gasteiger partial charge in [0, 0.05) is 23.5 Å². The summed E-state index contributed by atoms with van der Waals surface area (Å²) >= 11 is 0. The van der Waals surface area contributed by atoms with Crippen molar-refractivity contribution in [3.05, 3.63) is 96.6 Å². The van der Waals surface area contributed by atoms with Crippen molar-refractivity contribution in [2.45, 2.75) is 59.4 Å². The van der Waals surface area contributed by atoms with Crippen molar-refractivity contribution in [1.82, 2.24) is 4.98 Å². The van der Waals surface area contributed by atoms with E-state index < -0.39 is 0 Å². The van der Waals surface area contributed by atoms with Crippen LogP contribution in [0, 0.1) is 16.7 Å². The van der Waals surface area contributed by atoms with Gasteiger partial charge in [0.15, 0.2) is 0 Å². The fourth-order valence-electron chi connectivity index (χ4n) is 3.50. The van der Waals surface area contributed by atoms with Gasteiger partial charge in [-0.3, -0.25) is 4.98 Å². The van der Waals surface area contributed by atoms with E-state index in [9.17, 15) is 4.39 Å². The lowest BCUT2D eigenvalue weighted by Gasteiger charge is -2.25. The first-order valence-electron chi connectivity index (χ1n) is 11.9.